The van der Waals surface area contributed by atoms with Crippen LogP contribution < -0.4 is 10.0 Å². The molecule has 0 aromatic heterocycles. The van der Waals surface area contributed by atoms with Gasteiger partial charge >= 0.3 is 0 Å². The Kier molecular flexibility index (Phi) is 7.47. The van der Waals surface area contributed by atoms with Crippen LogP contribution in [0.4, 0.5) is 28.9 Å². The number of para-hydroxylation sites is 2. The minimum Gasteiger partial charge on any atom is -0.272 e. The van der Waals surface area contributed by atoms with Gasteiger partial charge in [-0.25, -0.2) is 17.6 Å². The van der Waals surface area contributed by atoms with Gasteiger partial charge in [-0.1, -0.05) is 47.5 Å². The number of carbonyl (C=O) groups is 2. The van der Waals surface area contributed by atoms with Crippen LogP contribution in [0.5, 0.6) is 0 Å². The highest BCUT2D eigenvalue weighted by Crippen LogP contribution is 2.30. The van der Waals surface area contributed by atoms with Gasteiger partial charge in [0.15, 0.2) is 0 Å². The van der Waals surface area contributed by atoms with Gasteiger partial charge in [0.05, 0.1) is 34.3 Å². The molecule has 2 amide bonds. The van der Waals surface area contributed by atoms with E-state index < -0.39 is 36.1 Å². The van der Waals surface area contributed by atoms with Gasteiger partial charge in [-0.15, -0.1) is 0 Å². The lowest BCUT2D eigenvalue weighted by atomic mass is 10.2. The van der Waals surface area contributed by atoms with E-state index in [1.54, 1.807) is 48.5 Å². The quantitative estimate of drug-likeness (QED) is 0.541. The van der Waals surface area contributed by atoms with E-state index in [9.17, 15) is 27.2 Å². The molecule has 32 heavy (non-hydrogen) atoms. The fourth-order valence-corrected chi connectivity index (χ4v) is 3.20. The predicted molar refractivity (Wildman–Crippen MR) is 114 cm³/mol. The van der Waals surface area contributed by atoms with Crippen molar-refractivity contribution in [3.8, 4) is 0 Å². The molecule has 0 unspecified atom stereocenters. The summed E-state index contributed by atoms with van der Waals surface area (Å²) in [6, 6.07) is 12.9. The van der Waals surface area contributed by atoms with Gasteiger partial charge in [-0.05, 0) is 24.3 Å². The van der Waals surface area contributed by atoms with Gasteiger partial charge in [-0.2, -0.15) is 20.2 Å². The molecule has 0 fully saturated rings. The Morgan fingerprint density at radius 3 is 1.31 bits per heavy atom. The minimum absolute atomic E-state index is 0.301. The lowest BCUT2D eigenvalue weighted by Gasteiger charge is -2.12. The first kappa shape index (κ1) is 23.7. The van der Waals surface area contributed by atoms with Gasteiger partial charge in [0.1, 0.15) is 11.4 Å². The van der Waals surface area contributed by atoms with E-state index in [0.29, 0.717) is 21.4 Å². The lowest BCUT2D eigenvalue weighted by molar-refractivity contribution is -0.117. The highest BCUT2D eigenvalue weighted by molar-refractivity contribution is 6.34. The monoisotopic (exact) mass is 488 g/mol. The third-order valence-electron chi connectivity index (χ3n) is 4.26. The molecule has 12 heteroatoms. The fourth-order valence-electron chi connectivity index (χ4n) is 2.76. The number of hydrogen-bond donors (Lipinski definition) is 0. The lowest BCUT2D eigenvalue weighted by Crippen LogP contribution is -2.19. The normalized spacial score (nSPS) is 15.9. The molecule has 0 spiro atoms. The third kappa shape index (κ3) is 5.25. The average Bonchev–Trinajstić information content (AvgIpc) is 3.32. The van der Waals surface area contributed by atoms with Gasteiger partial charge in [0, 0.05) is 0 Å². The molecule has 0 bridgehead atoms. The second-order valence-electron chi connectivity index (χ2n) is 6.45. The molecule has 2 aromatic rings. The number of nitrogens with zero attached hydrogens (tertiary/aromatic N) is 4. The van der Waals surface area contributed by atoms with Crippen LogP contribution in [0.25, 0.3) is 0 Å². The summed E-state index contributed by atoms with van der Waals surface area (Å²) in [5, 5.41) is 9.57. The van der Waals surface area contributed by atoms with Crippen molar-refractivity contribution < 1.29 is 27.2 Å². The summed E-state index contributed by atoms with van der Waals surface area (Å²) >= 11 is 11.7. The Morgan fingerprint density at radius 2 is 1.03 bits per heavy atom. The van der Waals surface area contributed by atoms with Crippen molar-refractivity contribution in [3.63, 3.8) is 0 Å². The molecule has 2 heterocycles. The summed E-state index contributed by atoms with van der Waals surface area (Å²) in [4.78, 5) is 22.9. The van der Waals surface area contributed by atoms with Crippen molar-refractivity contribution in [2.45, 2.75) is 25.7 Å². The van der Waals surface area contributed by atoms with Crippen LogP contribution in [0.1, 0.15) is 12.8 Å². The standard InChI is InChI=1S/2C10H7ClF2N2O/c2*11-6-3-1-2-4-8(6)15-9(16)5-7(14-15)10(12)13/h2*1-4,10H,5H2. The Labute approximate surface area is 189 Å². The maximum Gasteiger partial charge on any atom is 0.278 e. The zero-order valence-corrected chi connectivity index (χ0v) is 17.6. The van der Waals surface area contributed by atoms with Crippen LogP contribution in [-0.4, -0.2) is 36.1 Å². The van der Waals surface area contributed by atoms with Crippen molar-refractivity contribution in [1.29, 1.82) is 0 Å². The second-order valence-corrected chi connectivity index (χ2v) is 7.27. The van der Waals surface area contributed by atoms with Crippen LogP contribution in [0.3, 0.4) is 0 Å². The van der Waals surface area contributed by atoms with E-state index in [4.69, 9.17) is 23.2 Å². The molecule has 0 saturated carbocycles. The highest BCUT2D eigenvalue weighted by atomic mass is 35.5. The topological polar surface area (TPSA) is 65.3 Å². The van der Waals surface area contributed by atoms with Crippen LogP contribution >= 0.6 is 23.2 Å². The molecular formula is C20H14Cl2F4N4O2. The largest absolute Gasteiger partial charge is 0.278 e. The summed E-state index contributed by atoms with van der Waals surface area (Å²) in [7, 11) is 0. The molecule has 0 atom stereocenters. The summed E-state index contributed by atoms with van der Waals surface area (Å²) in [5.41, 5.74) is -0.204. The molecule has 2 aliphatic rings. The maximum atomic E-state index is 12.4. The van der Waals surface area contributed by atoms with E-state index in [1.165, 1.54) is 0 Å². The zero-order valence-electron chi connectivity index (χ0n) is 16.1. The van der Waals surface area contributed by atoms with Gasteiger partial charge < -0.3 is 0 Å². The molecule has 0 N–H and O–H groups in total. The number of hydrazone groups is 2. The van der Waals surface area contributed by atoms with Gasteiger partial charge in [0.25, 0.3) is 24.7 Å². The van der Waals surface area contributed by atoms with Crippen molar-refractivity contribution in [2.75, 3.05) is 10.0 Å². The molecule has 0 radical (unpaired) electrons. The van der Waals surface area contributed by atoms with E-state index >= 15 is 0 Å². The first-order chi connectivity index (χ1) is 15.2. The number of benzene rings is 2. The number of hydrogen-bond acceptors (Lipinski definition) is 4. The highest BCUT2D eigenvalue weighted by Gasteiger charge is 2.32. The van der Waals surface area contributed by atoms with Crippen molar-refractivity contribution in [3.05, 3.63) is 58.6 Å². The number of carbonyl (C=O) groups excluding carboxylic acids is 2. The van der Waals surface area contributed by atoms with Crippen LogP contribution in [0.15, 0.2) is 58.7 Å². The Balaban J connectivity index is 0.000000181. The summed E-state index contributed by atoms with van der Waals surface area (Å²) in [5.74, 6) is -0.994. The summed E-state index contributed by atoms with van der Waals surface area (Å²) in [6.07, 6.45) is -6.14. The maximum absolute atomic E-state index is 12.4. The SMILES string of the molecule is O=C1CC(C(F)F)=NN1c1ccccc1Cl.O=C1CC(C(F)F)=NN1c1ccccc1Cl. The van der Waals surface area contributed by atoms with Gasteiger partial charge in [-0.3, -0.25) is 9.59 Å². The van der Waals surface area contributed by atoms with E-state index in [1.807, 2.05) is 0 Å². The van der Waals surface area contributed by atoms with Crippen molar-refractivity contribution in [1.82, 2.24) is 0 Å². The molecule has 6 nitrogen and oxygen atoms in total. The third-order valence-corrected chi connectivity index (χ3v) is 4.90. The van der Waals surface area contributed by atoms with Crippen LogP contribution in [0, 0.1) is 0 Å². The molecule has 168 valence electrons. The smallest absolute Gasteiger partial charge is 0.272 e. The second kappa shape index (κ2) is 10.1. The van der Waals surface area contributed by atoms with Crippen LogP contribution in [0.2, 0.25) is 10.0 Å². The molecule has 0 saturated heterocycles. The summed E-state index contributed by atoms with van der Waals surface area (Å²) < 4.78 is 49.4. The molecule has 2 aliphatic heterocycles. The minimum atomic E-state index is -2.71. The number of alkyl halides is 4. The Hall–Kier alpha value is -2.98. The Bertz CT molecular complexity index is 1010. The number of anilines is 2. The van der Waals surface area contributed by atoms with E-state index in [0.717, 1.165) is 10.0 Å². The molecular weight excluding hydrogens is 475 g/mol. The van der Waals surface area contributed by atoms with Crippen molar-refractivity contribution >= 4 is 57.8 Å². The first-order valence-corrected chi connectivity index (χ1v) is 9.80. The van der Waals surface area contributed by atoms with Gasteiger partial charge in [0.2, 0.25) is 0 Å². The predicted octanol–water partition coefficient (Wildman–Crippen LogP) is 5.40. The molecule has 4 rings (SSSR count). The van der Waals surface area contributed by atoms with Crippen molar-refractivity contribution in [2.24, 2.45) is 10.2 Å². The number of rotatable bonds is 4. The fraction of sp³-hybridized carbons (Fsp3) is 0.200. The molecule has 0 aliphatic carbocycles. The molecule has 2 aromatic carbocycles. The van der Waals surface area contributed by atoms with E-state index in [-0.39, 0.29) is 12.8 Å². The van der Waals surface area contributed by atoms with Crippen LogP contribution in [-0.2, 0) is 9.59 Å². The first-order valence-electron chi connectivity index (χ1n) is 9.05. The Morgan fingerprint density at radius 1 is 0.688 bits per heavy atom. The number of halogens is 6. The van der Waals surface area contributed by atoms with E-state index in [2.05, 4.69) is 10.2 Å². The number of amides is 2. The average molecular weight is 489 g/mol. The zero-order chi connectivity index (χ0) is 23.4. The summed E-state index contributed by atoms with van der Waals surface area (Å²) in [6.45, 7) is 0.